The Bertz CT molecular complexity index is 915. The lowest BCUT2D eigenvalue weighted by Gasteiger charge is -2.01. The Balaban J connectivity index is 1.69. The van der Waals surface area contributed by atoms with Gasteiger partial charge in [0.05, 0.1) is 10.7 Å². The highest BCUT2D eigenvalue weighted by molar-refractivity contribution is 7.14. The fraction of sp³-hybridized carbons (Fsp3) is 0.0588. The molecule has 0 bridgehead atoms. The lowest BCUT2D eigenvalue weighted by molar-refractivity contribution is -0.111. The van der Waals surface area contributed by atoms with Gasteiger partial charge in [0.1, 0.15) is 11.5 Å². The molecule has 0 radical (unpaired) electrons. The van der Waals surface area contributed by atoms with Gasteiger partial charge in [0.15, 0.2) is 5.13 Å². The van der Waals surface area contributed by atoms with Crippen molar-refractivity contribution in [2.75, 3.05) is 5.32 Å². The van der Waals surface area contributed by atoms with Crippen LogP contribution in [0.25, 0.3) is 17.3 Å². The number of aromatic nitrogens is 1. The summed E-state index contributed by atoms with van der Waals surface area (Å²) < 4.78 is 5.36. The van der Waals surface area contributed by atoms with E-state index in [0.717, 1.165) is 11.3 Å². The van der Waals surface area contributed by atoms with E-state index in [0.29, 0.717) is 26.6 Å². The topological polar surface area (TPSA) is 55.1 Å². The molecule has 0 unspecified atom stereocenters. The van der Waals surface area contributed by atoms with Crippen molar-refractivity contribution in [3.8, 4) is 11.3 Å². The van der Waals surface area contributed by atoms with E-state index in [4.69, 9.17) is 27.6 Å². The summed E-state index contributed by atoms with van der Waals surface area (Å²) in [5.74, 6) is 1.13. The molecular weight excluding hydrogens is 367 g/mol. The van der Waals surface area contributed by atoms with Gasteiger partial charge in [-0.25, -0.2) is 4.98 Å². The molecule has 122 valence electrons. The van der Waals surface area contributed by atoms with Crippen molar-refractivity contribution in [1.82, 2.24) is 4.98 Å². The molecule has 1 N–H and O–H groups in total. The molecular formula is C17H12Cl2N2O2S. The molecule has 0 saturated carbocycles. The van der Waals surface area contributed by atoms with Crippen LogP contribution in [0.5, 0.6) is 0 Å². The number of furan rings is 1. The Morgan fingerprint density at radius 1 is 1.29 bits per heavy atom. The second-order valence-electron chi connectivity index (χ2n) is 4.93. The Kier molecular flexibility index (Phi) is 5.04. The number of halogens is 2. The zero-order valence-electron chi connectivity index (χ0n) is 12.5. The highest BCUT2D eigenvalue weighted by Crippen LogP contribution is 2.32. The molecule has 2 aromatic heterocycles. The Hall–Kier alpha value is -2.08. The van der Waals surface area contributed by atoms with Gasteiger partial charge in [0.2, 0.25) is 5.91 Å². The van der Waals surface area contributed by atoms with Crippen LogP contribution in [0.15, 0.2) is 46.2 Å². The minimum atomic E-state index is -0.285. The summed E-state index contributed by atoms with van der Waals surface area (Å²) in [5, 5.41) is 6.10. The van der Waals surface area contributed by atoms with Crippen molar-refractivity contribution >= 4 is 51.7 Å². The van der Waals surface area contributed by atoms with Crippen molar-refractivity contribution in [1.29, 1.82) is 0 Å². The number of aryl methyl sites for hydroxylation is 1. The van der Waals surface area contributed by atoms with Crippen LogP contribution >= 0.6 is 34.5 Å². The zero-order valence-corrected chi connectivity index (χ0v) is 14.9. The van der Waals surface area contributed by atoms with Gasteiger partial charge in [-0.3, -0.25) is 10.1 Å². The van der Waals surface area contributed by atoms with Gasteiger partial charge >= 0.3 is 0 Å². The lowest BCUT2D eigenvalue weighted by Crippen LogP contribution is -2.07. The minimum absolute atomic E-state index is 0.285. The van der Waals surface area contributed by atoms with Crippen molar-refractivity contribution in [2.45, 2.75) is 6.92 Å². The predicted molar refractivity (Wildman–Crippen MR) is 98.7 cm³/mol. The monoisotopic (exact) mass is 378 g/mol. The van der Waals surface area contributed by atoms with E-state index in [-0.39, 0.29) is 5.91 Å². The molecule has 3 aromatic rings. The number of thiazole rings is 1. The van der Waals surface area contributed by atoms with Crippen molar-refractivity contribution in [3.63, 3.8) is 0 Å². The number of hydrogen-bond acceptors (Lipinski definition) is 4. The maximum Gasteiger partial charge on any atom is 0.250 e. The van der Waals surface area contributed by atoms with Gasteiger partial charge in [-0.1, -0.05) is 23.2 Å². The first kappa shape index (κ1) is 16.8. The summed E-state index contributed by atoms with van der Waals surface area (Å²) in [5.41, 5.74) is 1.45. The fourth-order valence-corrected chi connectivity index (χ4v) is 3.22. The molecule has 4 nitrogen and oxygen atoms in total. The molecule has 1 amide bonds. The van der Waals surface area contributed by atoms with Crippen molar-refractivity contribution in [3.05, 3.63) is 63.4 Å². The van der Waals surface area contributed by atoms with E-state index in [2.05, 4.69) is 10.3 Å². The molecule has 0 aliphatic carbocycles. The summed E-state index contributed by atoms with van der Waals surface area (Å²) in [6, 6.07) is 8.83. The average molecular weight is 379 g/mol. The number of hydrogen-bond donors (Lipinski definition) is 1. The molecule has 0 aliphatic heterocycles. The molecule has 0 saturated heterocycles. The Morgan fingerprint density at radius 2 is 2.12 bits per heavy atom. The highest BCUT2D eigenvalue weighted by Gasteiger charge is 2.10. The molecule has 24 heavy (non-hydrogen) atoms. The number of rotatable bonds is 4. The van der Waals surface area contributed by atoms with Crippen LogP contribution in [-0.2, 0) is 4.79 Å². The van der Waals surface area contributed by atoms with Crippen molar-refractivity contribution in [2.24, 2.45) is 0 Å². The number of nitrogens with one attached hydrogen (secondary N) is 1. The number of carbonyl (C=O) groups excluding carboxylic acids is 1. The summed E-state index contributed by atoms with van der Waals surface area (Å²) in [6.07, 6.45) is 3.00. The first-order valence-electron chi connectivity index (χ1n) is 6.98. The molecule has 7 heteroatoms. The van der Waals surface area contributed by atoms with Crippen LogP contribution in [0.3, 0.4) is 0 Å². The standard InChI is InChI=1S/C17H12Cl2N2O2S/c1-10-2-4-12(23-10)5-7-16(22)21-17-20-15(9-24-17)13-6-3-11(18)8-14(13)19/h2-9H,1H3,(H,20,21,22). The number of anilines is 1. The normalized spacial score (nSPS) is 11.1. The zero-order chi connectivity index (χ0) is 17.1. The van der Waals surface area contributed by atoms with E-state index < -0.39 is 0 Å². The molecule has 0 aliphatic rings. The molecule has 2 heterocycles. The SMILES string of the molecule is Cc1ccc(C=CC(=O)Nc2nc(-c3ccc(Cl)cc3Cl)cs2)o1. The van der Waals surface area contributed by atoms with Crippen LogP contribution in [0.1, 0.15) is 11.5 Å². The van der Waals surface area contributed by atoms with Crippen LogP contribution in [0.2, 0.25) is 10.0 Å². The number of amides is 1. The third kappa shape index (κ3) is 4.06. The highest BCUT2D eigenvalue weighted by atomic mass is 35.5. The van der Waals surface area contributed by atoms with Gasteiger partial charge in [0, 0.05) is 22.0 Å². The number of carbonyl (C=O) groups is 1. The van der Waals surface area contributed by atoms with E-state index in [1.807, 2.05) is 18.4 Å². The first-order chi connectivity index (χ1) is 11.5. The molecule has 1 aromatic carbocycles. The minimum Gasteiger partial charge on any atom is -0.462 e. The van der Waals surface area contributed by atoms with Crippen LogP contribution in [0, 0.1) is 6.92 Å². The van der Waals surface area contributed by atoms with E-state index in [9.17, 15) is 4.79 Å². The Morgan fingerprint density at radius 3 is 2.83 bits per heavy atom. The van der Waals surface area contributed by atoms with E-state index in [1.54, 1.807) is 30.3 Å². The van der Waals surface area contributed by atoms with Crippen LogP contribution < -0.4 is 5.32 Å². The lowest BCUT2D eigenvalue weighted by atomic mass is 10.2. The van der Waals surface area contributed by atoms with E-state index in [1.165, 1.54) is 17.4 Å². The van der Waals surface area contributed by atoms with Gasteiger partial charge in [-0.2, -0.15) is 0 Å². The van der Waals surface area contributed by atoms with Gasteiger partial charge in [-0.15, -0.1) is 11.3 Å². The number of benzene rings is 1. The summed E-state index contributed by atoms with van der Waals surface area (Å²) in [6.45, 7) is 1.84. The summed E-state index contributed by atoms with van der Waals surface area (Å²) in [7, 11) is 0. The second-order valence-corrected chi connectivity index (χ2v) is 6.63. The quantitative estimate of drug-likeness (QED) is 0.594. The van der Waals surface area contributed by atoms with Crippen LogP contribution in [-0.4, -0.2) is 10.9 Å². The third-order valence-electron chi connectivity index (χ3n) is 3.10. The van der Waals surface area contributed by atoms with Crippen molar-refractivity contribution < 1.29 is 9.21 Å². The van der Waals surface area contributed by atoms with Gasteiger partial charge in [-0.05, 0) is 43.3 Å². The fourth-order valence-electron chi connectivity index (χ4n) is 2.00. The Labute approximate surface area is 152 Å². The first-order valence-corrected chi connectivity index (χ1v) is 8.61. The summed E-state index contributed by atoms with van der Waals surface area (Å²) in [4.78, 5) is 16.3. The smallest absolute Gasteiger partial charge is 0.250 e. The predicted octanol–water partition coefficient (Wildman–Crippen LogP) is 5.67. The average Bonchev–Trinajstić information content (AvgIpc) is 3.14. The molecule has 3 rings (SSSR count). The van der Waals surface area contributed by atoms with Crippen LogP contribution in [0.4, 0.5) is 5.13 Å². The molecule has 0 atom stereocenters. The third-order valence-corrected chi connectivity index (χ3v) is 4.41. The van der Waals surface area contributed by atoms with E-state index >= 15 is 0 Å². The second kappa shape index (κ2) is 7.21. The van der Waals surface area contributed by atoms with Gasteiger partial charge in [0.25, 0.3) is 0 Å². The summed E-state index contributed by atoms with van der Waals surface area (Å²) >= 11 is 13.4. The largest absolute Gasteiger partial charge is 0.462 e. The molecule has 0 fully saturated rings. The van der Waals surface area contributed by atoms with Gasteiger partial charge < -0.3 is 4.42 Å². The number of nitrogens with zero attached hydrogens (tertiary/aromatic N) is 1. The molecule has 0 spiro atoms. The maximum absolute atomic E-state index is 11.9. The maximum atomic E-state index is 11.9.